The van der Waals surface area contributed by atoms with E-state index in [0.717, 1.165) is 33.9 Å². The van der Waals surface area contributed by atoms with Crippen LogP contribution in [0.4, 0.5) is 19.3 Å². The number of hydrogen-bond donors (Lipinski definition) is 2. The Kier molecular flexibility index (Phi) is 4.69. The molecule has 4 rings (SSSR count). The number of fused-ring (bicyclic) bond motifs is 1. The van der Waals surface area contributed by atoms with Crippen LogP contribution in [-0.4, -0.2) is 29.3 Å². The fourth-order valence-corrected chi connectivity index (χ4v) is 3.48. The molecule has 1 aliphatic heterocycles. The maximum Gasteiger partial charge on any atom is 0.325 e. The lowest BCUT2D eigenvalue weighted by Gasteiger charge is -2.22. The van der Waals surface area contributed by atoms with Crippen LogP contribution in [0.1, 0.15) is 12.5 Å². The zero-order chi connectivity index (χ0) is 21.5. The first-order valence-electron chi connectivity index (χ1n) is 9.17. The molecule has 3 aromatic rings. The minimum atomic E-state index is -1.37. The van der Waals surface area contributed by atoms with Gasteiger partial charge in [0, 0.05) is 0 Å². The summed E-state index contributed by atoms with van der Waals surface area (Å²) in [6.07, 6.45) is 0. The Morgan fingerprint density at radius 3 is 2.37 bits per heavy atom. The van der Waals surface area contributed by atoms with Crippen LogP contribution >= 0.6 is 0 Å². The van der Waals surface area contributed by atoms with Crippen molar-refractivity contribution in [2.75, 3.05) is 11.9 Å². The lowest BCUT2D eigenvalue weighted by molar-refractivity contribution is -0.133. The van der Waals surface area contributed by atoms with Crippen LogP contribution in [0.15, 0.2) is 60.7 Å². The molecule has 1 fully saturated rings. The van der Waals surface area contributed by atoms with Crippen molar-refractivity contribution in [3.63, 3.8) is 0 Å². The number of para-hydroxylation sites is 1. The van der Waals surface area contributed by atoms with Crippen molar-refractivity contribution in [1.29, 1.82) is 0 Å². The normalized spacial score (nSPS) is 18.6. The molecule has 1 heterocycles. The molecule has 8 heteroatoms. The van der Waals surface area contributed by atoms with E-state index in [9.17, 15) is 23.2 Å². The molecule has 152 valence electrons. The van der Waals surface area contributed by atoms with Gasteiger partial charge in [0.25, 0.3) is 5.91 Å². The predicted molar refractivity (Wildman–Crippen MR) is 107 cm³/mol. The van der Waals surface area contributed by atoms with Crippen molar-refractivity contribution in [2.24, 2.45) is 0 Å². The van der Waals surface area contributed by atoms with E-state index in [1.54, 1.807) is 19.1 Å². The van der Waals surface area contributed by atoms with Gasteiger partial charge in [0.15, 0.2) is 0 Å². The summed E-state index contributed by atoms with van der Waals surface area (Å²) < 4.78 is 27.5. The molecular formula is C22H17F2N3O3. The number of halogens is 2. The number of carbonyl (C=O) groups is 3. The van der Waals surface area contributed by atoms with Gasteiger partial charge < -0.3 is 10.6 Å². The summed E-state index contributed by atoms with van der Waals surface area (Å²) in [5.41, 5.74) is -1.44. The summed E-state index contributed by atoms with van der Waals surface area (Å²) in [4.78, 5) is 38.4. The standard InChI is InChI=1S/C22H17F2N3O3/c1-22(15-10-9-13-5-2-3-6-14(13)11-15)20(29)27(21(30)26-22)12-18(28)25-19-16(23)7-4-8-17(19)24/h2-11H,12H2,1H3,(H,25,28)(H,26,30). The molecular weight excluding hydrogens is 392 g/mol. The zero-order valence-corrected chi connectivity index (χ0v) is 15.9. The number of imide groups is 1. The lowest BCUT2D eigenvalue weighted by atomic mass is 9.90. The number of amides is 4. The van der Waals surface area contributed by atoms with E-state index in [1.807, 2.05) is 30.3 Å². The highest BCUT2D eigenvalue weighted by atomic mass is 19.1. The Hall–Kier alpha value is -3.81. The first-order valence-corrected chi connectivity index (χ1v) is 9.17. The van der Waals surface area contributed by atoms with Gasteiger partial charge in [-0.3, -0.25) is 14.5 Å². The van der Waals surface area contributed by atoms with Crippen LogP contribution in [0.3, 0.4) is 0 Å². The predicted octanol–water partition coefficient (Wildman–Crippen LogP) is 3.52. The Morgan fingerprint density at radius 2 is 1.67 bits per heavy atom. The van der Waals surface area contributed by atoms with Crippen molar-refractivity contribution < 1.29 is 23.2 Å². The fourth-order valence-electron chi connectivity index (χ4n) is 3.48. The topological polar surface area (TPSA) is 78.5 Å². The Labute approximate surface area is 170 Å². The third-order valence-corrected chi connectivity index (χ3v) is 5.13. The second kappa shape index (κ2) is 7.22. The highest BCUT2D eigenvalue weighted by Crippen LogP contribution is 2.31. The highest BCUT2D eigenvalue weighted by Gasteiger charge is 2.49. The van der Waals surface area contributed by atoms with E-state index in [2.05, 4.69) is 10.6 Å². The number of benzene rings is 3. The van der Waals surface area contributed by atoms with Gasteiger partial charge in [-0.2, -0.15) is 0 Å². The largest absolute Gasteiger partial charge is 0.325 e. The Morgan fingerprint density at radius 1 is 1.00 bits per heavy atom. The molecule has 0 aromatic heterocycles. The lowest BCUT2D eigenvalue weighted by Crippen LogP contribution is -2.42. The maximum absolute atomic E-state index is 13.7. The number of anilines is 1. The van der Waals surface area contributed by atoms with Gasteiger partial charge in [-0.1, -0.05) is 42.5 Å². The van der Waals surface area contributed by atoms with Crippen molar-refractivity contribution >= 4 is 34.3 Å². The second-order valence-corrected chi connectivity index (χ2v) is 7.15. The molecule has 1 saturated heterocycles. The number of nitrogens with one attached hydrogen (secondary N) is 2. The van der Waals surface area contributed by atoms with Gasteiger partial charge in [0.2, 0.25) is 5.91 Å². The van der Waals surface area contributed by atoms with Crippen LogP contribution in [0, 0.1) is 11.6 Å². The van der Waals surface area contributed by atoms with E-state index < -0.39 is 47.3 Å². The third kappa shape index (κ3) is 3.26. The Balaban J connectivity index is 1.56. The van der Waals surface area contributed by atoms with E-state index in [0.29, 0.717) is 5.56 Å². The smallest absolute Gasteiger partial charge is 0.320 e. The highest BCUT2D eigenvalue weighted by molar-refractivity contribution is 6.10. The third-order valence-electron chi connectivity index (χ3n) is 5.13. The van der Waals surface area contributed by atoms with Crippen molar-refractivity contribution in [3.8, 4) is 0 Å². The van der Waals surface area contributed by atoms with Gasteiger partial charge >= 0.3 is 6.03 Å². The first-order chi connectivity index (χ1) is 14.3. The molecule has 3 aromatic carbocycles. The molecule has 1 aliphatic rings. The molecule has 1 atom stereocenters. The minimum Gasteiger partial charge on any atom is -0.320 e. The monoisotopic (exact) mass is 409 g/mol. The van der Waals surface area contributed by atoms with Gasteiger partial charge in [0.05, 0.1) is 0 Å². The van der Waals surface area contributed by atoms with Crippen LogP contribution in [0.2, 0.25) is 0 Å². The van der Waals surface area contributed by atoms with Gasteiger partial charge in [-0.15, -0.1) is 0 Å². The van der Waals surface area contributed by atoms with E-state index in [4.69, 9.17) is 0 Å². The zero-order valence-electron chi connectivity index (χ0n) is 15.9. The van der Waals surface area contributed by atoms with E-state index in [1.165, 1.54) is 0 Å². The van der Waals surface area contributed by atoms with Crippen LogP contribution in [0.25, 0.3) is 10.8 Å². The van der Waals surface area contributed by atoms with Crippen LogP contribution < -0.4 is 10.6 Å². The summed E-state index contributed by atoms with van der Waals surface area (Å²) in [6, 6.07) is 15.3. The van der Waals surface area contributed by atoms with Crippen molar-refractivity contribution in [1.82, 2.24) is 10.2 Å². The van der Waals surface area contributed by atoms with Crippen molar-refractivity contribution in [3.05, 3.63) is 77.9 Å². The molecule has 0 radical (unpaired) electrons. The molecule has 6 nitrogen and oxygen atoms in total. The Bertz CT molecular complexity index is 1180. The summed E-state index contributed by atoms with van der Waals surface area (Å²) in [7, 11) is 0. The molecule has 1 unspecified atom stereocenters. The van der Waals surface area contributed by atoms with Crippen molar-refractivity contribution in [2.45, 2.75) is 12.5 Å². The molecule has 0 aliphatic carbocycles. The number of carbonyl (C=O) groups excluding carboxylic acids is 3. The molecule has 4 amide bonds. The van der Waals surface area contributed by atoms with Crippen LogP contribution in [0.5, 0.6) is 0 Å². The fraction of sp³-hybridized carbons (Fsp3) is 0.136. The number of urea groups is 1. The summed E-state index contributed by atoms with van der Waals surface area (Å²) in [5, 5.41) is 6.56. The molecule has 2 N–H and O–H groups in total. The van der Waals surface area contributed by atoms with Crippen LogP contribution in [-0.2, 0) is 15.1 Å². The number of hydrogen-bond acceptors (Lipinski definition) is 3. The number of rotatable bonds is 4. The average molecular weight is 409 g/mol. The number of nitrogens with zero attached hydrogens (tertiary/aromatic N) is 1. The summed E-state index contributed by atoms with van der Waals surface area (Å²) in [5.74, 6) is -3.44. The van der Waals surface area contributed by atoms with Gasteiger partial charge in [-0.25, -0.2) is 13.6 Å². The molecule has 0 spiro atoms. The first kappa shape index (κ1) is 19.5. The maximum atomic E-state index is 13.7. The summed E-state index contributed by atoms with van der Waals surface area (Å²) >= 11 is 0. The molecule has 30 heavy (non-hydrogen) atoms. The van der Waals surface area contributed by atoms with E-state index in [-0.39, 0.29) is 0 Å². The van der Waals surface area contributed by atoms with Gasteiger partial charge in [0.1, 0.15) is 29.4 Å². The van der Waals surface area contributed by atoms with Gasteiger partial charge in [-0.05, 0) is 41.5 Å². The molecule has 0 bridgehead atoms. The molecule has 0 saturated carbocycles. The summed E-state index contributed by atoms with van der Waals surface area (Å²) in [6.45, 7) is 0.868. The second-order valence-electron chi connectivity index (χ2n) is 7.15. The SMILES string of the molecule is CC1(c2ccc3ccccc3c2)NC(=O)N(CC(=O)Nc2c(F)cccc2F)C1=O. The average Bonchev–Trinajstić information content (AvgIpc) is 2.94. The quantitative estimate of drug-likeness (QED) is 0.647. The van der Waals surface area contributed by atoms with E-state index >= 15 is 0 Å². The minimum absolute atomic E-state index is 0.558.